The lowest BCUT2D eigenvalue weighted by Gasteiger charge is -2.28. The lowest BCUT2D eigenvalue weighted by molar-refractivity contribution is -0.139. The largest absolute Gasteiger partial charge is 0.396 e. The number of benzene rings is 2. The maximum atomic E-state index is 14.2. The highest BCUT2D eigenvalue weighted by Gasteiger charge is 2.52. The van der Waals surface area contributed by atoms with Crippen LogP contribution < -0.4 is 14.7 Å². The van der Waals surface area contributed by atoms with Crippen LogP contribution in [0.2, 0.25) is 0 Å². The molecule has 3 aliphatic rings. The molecular weight excluding hydrogens is 560 g/mol. The van der Waals surface area contributed by atoms with E-state index in [2.05, 4.69) is 10.3 Å². The van der Waals surface area contributed by atoms with Gasteiger partial charge in [0.15, 0.2) is 5.60 Å². The number of aliphatic hydroxyl groups is 2. The fourth-order valence-electron chi connectivity index (χ4n) is 6.43. The molecule has 0 radical (unpaired) electrons. The van der Waals surface area contributed by atoms with Crippen LogP contribution in [0.15, 0.2) is 60.8 Å². The molecule has 11 nitrogen and oxygen atoms in total. The molecule has 4 heterocycles. The Morgan fingerprint density at radius 3 is 2.41 bits per heavy atom. The zero-order chi connectivity index (χ0) is 30.8. The quantitative estimate of drug-likeness (QED) is 0.324. The van der Waals surface area contributed by atoms with Crippen LogP contribution in [0.1, 0.15) is 55.8 Å². The average molecular weight is 599 g/mol. The highest BCUT2D eigenvalue weighted by molar-refractivity contribution is 6.08. The van der Waals surface area contributed by atoms with Crippen LogP contribution in [0, 0.1) is 5.92 Å². The Bertz CT molecular complexity index is 1600. The Morgan fingerprint density at radius 2 is 1.73 bits per heavy atom. The van der Waals surface area contributed by atoms with Crippen molar-refractivity contribution in [1.82, 2.24) is 15.0 Å². The highest BCUT2D eigenvalue weighted by atomic mass is 16.3. The number of rotatable bonds is 11. The Morgan fingerprint density at radius 1 is 1.00 bits per heavy atom. The number of anilines is 3. The number of aromatic nitrogens is 3. The zero-order valence-electron chi connectivity index (χ0n) is 24.9. The Labute approximate surface area is 256 Å². The molecule has 0 bridgehead atoms. The SMILES string of the molecule is C[C@H](/C=C/CCn1cc(CCO)nn1)[C@@]1(O)C(=O)N(Cc2cccc(N3CCCC3=O)c2)c2ccc(N3CCCC3=O)cc21. The van der Waals surface area contributed by atoms with E-state index in [1.807, 2.05) is 55.5 Å². The molecular formula is C33H38N6O5. The number of fused-ring (bicyclic) bond motifs is 1. The van der Waals surface area contributed by atoms with Crippen molar-refractivity contribution in [1.29, 1.82) is 0 Å². The Hall–Kier alpha value is -4.35. The molecule has 3 aromatic rings. The molecule has 6 rings (SSSR count). The summed E-state index contributed by atoms with van der Waals surface area (Å²) < 4.78 is 1.70. The van der Waals surface area contributed by atoms with Gasteiger partial charge in [-0.25, -0.2) is 0 Å². The third-order valence-corrected chi connectivity index (χ3v) is 8.84. The summed E-state index contributed by atoms with van der Waals surface area (Å²) in [6, 6.07) is 13.1. The second kappa shape index (κ2) is 12.3. The van der Waals surface area contributed by atoms with Gasteiger partial charge in [0, 0.05) is 74.6 Å². The van der Waals surface area contributed by atoms with Crippen molar-refractivity contribution in [2.24, 2.45) is 5.92 Å². The van der Waals surface area contributed by atoms with Gasteiger partial charge in [0.2, 0.25) is 11.8 Å². The Balaban J connectivity index is 1.27. The molecule has 2 atom stereocenters. The van der Waals surface area contributed by atoms with Crippen LogP contribution in [-0.4, -0.2) is 62.6 Å². The van der Waals surface area contributed by atoms with Gasteiger partial charge < -0.3 is 24.9 Å². The van der Waals surface area contributed by atoms with Gasteiger partial charge in [-0.15, -0.1) is 5.10 Å². The van der Waals surface area contributed by atoms with E-state index in [4.69, 9.17) is 5.11 Å². The standard InChI is InChI=1S/C33H38N6O5/c1-23(7-2-3-15-36-22-25(14-18-40)34-35-36)33(44)28-20-27(38-17-6-11-31(38)42)12-13-29(28)39(32(33)43)21-24-8-4-9-26(19-24)37-16-5-10-30(37)41/h2,4,7-9,12-13,19-20,22-23,40,44H,3,5-6,10-11,14-18,21H2,1H3/b7-2+/t23-,33+/m1/s1. The summed E-state index contributed by atoms with van der Waals surface area (Å²) in [4.78, 5) is 44.2. The van der Waals surface area contributed by atoms with E-state index in [1.54, 1.807) is 31.6 Å². The highest BCUT2D eigenvalue weighted by Crippen LogP contribution is 2.47. The van der Waals surface area contributed by atoms with Crippen LogP contribution in [0.3, 0.4) is 0 Å². The van der Waals surface area contributed by atoms with E-state index in [1.165, 1.54) is 0 Å². The van der Waals surface area contributed by atoms with E-state index in [0.29, 0.717) is 62.3 Å². The fourth-order valence-corrected chi connectivity index (χ4v) is 6.43. The predicted molar refractivity (Wildman–Crippen MR) is 165 cm³/mol. The molecule has 0 unspecified atom stereocenters. The minimum absolute atomic E-state index is 0.0123. The molecule has 2 N–H and O–H groups in total. The van der Waals surface area contributed by atoms with E-state index in [-0.39, 0.29) is 25.0 Å². The predicted octanol–water partition coefficient (Wildman–Crippen LogP) is 3.08. The third-order valence-electron chi connectivity index (χ3n) is 8.84. The molecule has 44 heavy (non-hydrogen) atoms. The molecule has 1 aromatic heterocycles. The van der Waals surface area contributed by atoms with Crippen LogP contribution in [0.5, 0.6) is 0 Å². The molecule has 230 valence electrons. The topological polar surface area (TPSA) is 132 Å². The van der Waals surface area contributed by atoms with Gasteiger partial charge in [0.05, 0.1) is 17.9 Å². The van der Waals surface area contributed by atoms with Crippen molar-refractivity contribution in [2.75, 3.05) is 34.4 Å². The minimum Gasteiger partial charge on any atom is -0.396 e. The van der Waals surface area contributed by atoms with Crippen molar-refractivity contribution in [3.63, 3.8) is 0 Å². The van der Waals surface area contributed by atoms with Crippen molar-refractivity contribution in [3.8, 4) is 0 Å². The van der Waals surface area contributed by atoms with Crippen LogP contribution in [0.25, 0.3) is 0 Å². The number of aliphatic hydroxyl groups excluding tert-OH is 1. The minimum atomic E-state index is -1.84. The number of nitrogens with zero attached hydrogens (tertiary/aromatic N) is 6. The molecule has 0 aliphatic carbocycles. The van der Waals surface area contributed by atoms with Gasteiger partial charge in [0.1, 0.15) is 0 Å². The number of hydrogen-bond donors (Lipinski definition) is 2. The number of aryl methyl sites for hydroxylation is 1. The van der Waals surface area contributed by atoms with E-state index >= 15 is 0 Å². The number of carbonyl (C=O) groups is 3. The van der Waals surface area contributed by atoms with Crippen molar-refractivity contribution >= 4 is 34.8 Å². The van der Waals surface area contributed by atoms with Gasteiger partial charge in [-0.05, 0) is 55.2 Å². The second-order valence-corrected chi connectivity index (χ2v) is 11.8. The first-order valence-electron chi connectivity index (χ1n) is 15.3. The summed E-state index contributed by atoms with van der Waals surface area (Å²) in [5.41, 5.74) is 2.30. The Kier molecular flexibility index (Phi) is 8.33. The molecule has 3 amide bonds. The fraction of sp³-hybridized carbons (Fsp3) is 0.424. The summed E-state index contributed by atoms with van der Waals surface area (Å²) in [6.45, 7) is 3.91. The van der Waals surface area contributed by atoms with Crippen LogP contribution >= 0.6 is 0 Å². The van der Waals surface area contributed by atoms with E-state index in [0.717, 1.165) is 29.8 Å². The summed E-state index contributed by atoms with van der Waals surface area (Å²) in [6.07, 6.45) is 9.24. The lowest BCUT2D eigenvalue weighted by Crippen LogP contribution is -2.44. The molecule has 2 aromatic carbocycles. The maximum Gasteiger partial charge on any atom is 0.264 e. The van der Waals surface area contributed by atoms with Gasteiger partial charge >= 0.3 is 0 Å². The first-order valence-corrected chi connectivity index (χ1v) is 15.3. The van der Waals surface area contributed by atoms with Gasteiger partial charge in [0.25, 0.3) is 5.91 Å². The molecule has 0 saturated carbocycles. The molecule has 2 fully saturated rings. The van der Waals surface area contributed by atoms with Crippen LogP contribution in [0.4, 0.5) is 17.1 Å². The van der Waals surface area contributed by atoms with Crippen molar-refractivity contribution in [2.45, 2.75) is 64.1 Å². The molecule has 11 heteroatoms. The average Bonchev–Trinajstić information content (AvgIpc) is 3.81. The van der Waals surface area contributed by atoms with E-state index in [9.17, 15) is 19.5 Å². The monoisotopic (exact) mass is 598 g/mol. The number of hydrogen-bond acceptors (Lipinski definition) is 7. The smallest absolute Gasteiger partial charge is 0.264 e. The summed E-state index contributed by atoms with van der Waals surface area (Å²) >= 11 is 0. The molecule has 2 saturated heterocycles. The molecule has 0 spiro atoms. The number of allylic oxidation sites excluding steroid dienone is 1. The molecule has 3 aliphatic heterocycles. The normalized spacial score (nSPS) is 20.9. The third kappa shape index (κ3) is 5.53. The summed E-state index contributed by atoms with van der Waals surface area (Å²) in [5, 5.41) is 29.5. The van der Waals surface area contributed by atoms with Crippen molar-refractivity contribution in [3.05, 3.63) is 77.6 Å². The van der Waals surface area contributed by atoms with Crippen molar-refractivity contribution < 1.29 is 24.6 Å². The lowest BCUT2D eigenvalue weighted by atomic mass is 9.82. The van der Waals surface area contributed by atoms with Gasteiger partial charge in [-0.2, -0.15) is 0 Å². The second-order valence-electron chi connectivity index (χ2n) is 11.8. The summed E-state index contributed by atoms with van der Waals surface area (Å²) in [7, 11) is 0. The van der Waals surface area contributed by atoms with Gasteiger partial charge in [-0.1, -0.05) is 36.4 Å². The number of carbonyl (C=O) groups excluding carboxylic acids is 3. The number of amides is 3. The van der Waals surface area contributed by atoms with Gasteiger partial charge in [-0.3, -0.25) is 19.1 Å². The zero-order valence-corrected chi connectivity index (χ0v) is 24.9. The first kappa shape index (κ1) is 29.7. The first-order chi connectivity index (χ1) is 21.3. The van der Waals surface area contributed by atoms with Crippen LogP contribution in [-0.2, 0) is 39.5 Å². The maximum absolute atomic E-state index is 14.2. The summed E-state index contributed by atoms with van der Waals surface area (Å²) in [5.74, 6) is -0.871. The van der Waals surface area contributed by atoms with E-state index < -0.39 is 17.4 Å².